The van der Waals surface area contributed by atoms with Crippen LogP contribution in [0.1, 0.15) is 46.0 Å². The van der Waals surface area contributed by atoms with Crippen LogP contribution in [0.3, 0.4) is 0 Å². The quantitative estimate of drug-likeness (QED) is 0.733. The van der Waals surface area contributed by atoms with Crippen molar-refractivity contribution in [3.63, 3.8) is 0 Å². The summed E-state index contributed by atoms with van der Waals surface area (Å²) in [6.45, 7) is 4.95. The number of hydrogen-bond donors (Lipinski definition) is 1. The molecule has 0 heterocycles. The number of carboxylic acids is 1. The van der Waals surface area contributed by atoms with Crippen LogP contribution in [0.5, 0.6) is 0 Å². The average Bonchev–Trinajstić information content (AvgIpc) is 2.40. The molecule has 0 radical (unpaired) electrons. The first-order valence-corrected chi connectivity index (χ1v) is 7.22. The fourth-order valence-electron chi connectivity index (χ4n) is 2.48. The Morgan fingerprint density at radius 3 is 2.21 bits per heavy atom. The number of nitrogens with zero attached hydrogens (tertiary/aromatic N) is 1. The van der Waals surface area contributed by atoms with E-state index in [1.807, 2.05) is 18.2 Å². The number of benzene rings is 1. The number of aliphatic carboxylic acids is 1. The van der Waals surface area contributed by atoms with Crippen LogP contribution >= 0.6 is 0 Å². The Morgan fingerprint density at radius 1 is 1.16 bits per heavy atom. The van der Waals surface area contributed by atoms with Crippen LogP contribution in [0.4, 0.5) is 5.69 Å². The second-order valence-corrected chi connectivity index (χ2v) is 4.90. The fraction of sp³-hybridized carbons (Fsp3) is 0.562. The smallest absolute Gasteiger partial charge is 0.305 e. The molecule has 1 N–H and O–H groups in total. The molecule has 1 rings (SSSR count). The predicted octanol–water partition coefficient (Wildman–Crippen LogP) is 3.94. The fourth-order valence-corrected chi connectivity index (χ4v) is 2.48. The summed E-state index contributed by atoms with van der Waals surface area (Å²) >= 11 is 0. The third-order valence-electron chi connectivity index (χ3n) is 3.34. The largest absolute Gasteiger partial charge is 0.481 e. The molecule has 0 atom stereocenters. The van der Waals surface area contributed by atoms with Crippen molar-refractivity contribution in [3.05, 3.63) is 30.3 Å². The maximum atomic E-state index is 10.8. The van der Waals surface area contributed by atoms with Gasteiger partial charge in [-0.2, -0.15) is 0 Å². The lowest BCUT2D eigenvalue weighted by molar-refractivity contribution is -0.136. The van der Waals surface area contributed by atoms with Crippen molar-refractivity contribution in [3.8, 4) is 0 Å². The topological polar surface area (TPSA) is 40.5 Å². The van der Waals surface area contributed by atoms with Crippen LogP contribution in [0.25, 0.3) is 0 Å². The number of hydrogen-bond acceptors (Lipinski definition) is 2. The van der Waals surface area contributed by atoms with Crippen LogP contribution in [0.2, 0.25) is 0 Å². The van der Waals surface area contributed by atoms with Gasteiger partial charge in [-0.05, 0) is 25.0 Å². The molecule has 1 aromatic carbocycles. The molecule has 0 unspecified atom stereocenters. The zero-order valence-corrected chi connectivity index (χ0v) is 12.0. The SMILES string of the molecule is CCCC(CCC)N(CCC(=O)O)c1ccccc1. The van der Waals surface area contributed by atoms with Crippen LogP contribution in [0.15, 0.2) is 30.3 Å². The third kappa shape index (κ3) is 5.33. The van der Waals surface area contributed by atoms with Gasteiger partial charge < -0.3 is 10.0 Å². The highest BCUT2D eigenvalue weighted by molar-refractivity contribution is 5.67. The first-order chi connectivity index (χ1) is 9.19. The van der Waals surface area contributed by atoms with E-state index in [-0.39, 0.29) is 6.42 Å². The number of para-hydroxylation sites is 1. The highest BCUT2D eigenvalue weighted by Gasteiger charge is 2.18. The monoisotopic (exact) mass is 263 g/mol. The molecular formula is C16H25NO2. The minimum absolute atomic E-state index is 0.193. The lowest BCUT2D eigenvalue weighted by Gasteiger charge is -2.33. The Morgan fingerprint density at radius 2 is 1.74 bits per heavy atom. The van der Waals surface area contributed by atoms with E-state index >= 15 is 0 Å². The molecule has 0 fully saturated rings. The van der Waals surface area contributed by atoms with Crippen molar-refractivity contribution in [2.45, 2.75) is 52.0 Å². The molecule has 3 heteroatoms. The molecule has 0 bridgehead atoms. The van der Waals surface area contributed by atoms with E-state index in [1.54, 1.807) is 0 Å². The number of carbonyl (C=O) groups is 1. The molecule has 0 aliphatic heterocycles. The Bertz CT molecular complexity index is 358. The van der Waals surface area contributed by atoms with Gasteiger partial charge in [-0.25, -0.2) is 0 Å². The van der Waals surface area contributed by atoms with Crippen LogP contribution in [0, 0.1) is 0 Å². The summed E-state index contributed by atoms with van der Waals surface area (Å²) < 4.78 is 0. The Kier molecular flexibility index (Phi) is 7.01. The third-order valence-corrected chi connectivity index (χ3v) is 3.34. The van der Waals surface area contributed by atoms with Gasteiger partial charge in [0.2, 0.25) is 0 Å². The predicted molar refractivity (Wildman–Crippen MR) is 79.6 cm³/mol. The van der Waals surface area contributed by atoms with Crippen molar-refractivity contribution in [1.82, 2.24) is 0 Å². The standard InChI is InChI=1S/C16H25NO2/c1-3-8-14(9-4-2)17(13-12-16(18)19)15-10-6-5-7-11-15/h5-7,10-11,14H,3-4,8-9,12-13H2,1-2H3,(H,18,19). The van der Waals surface area contributed by atoms with E-state index < -0.39 is 5.97 Å². The zero-order chi connectivity index (χ0) is 14.1. The average molecular weight is 263 g/mol. The lowest BCUT2D eigenvalue weighted by Crippen LogP contribution is -2.37. The number of rotatable bonds is 9. The van der Waals surface area contributed by atoms with Crippen molar-refractivity contribution >= 4 is 11.7 Å². The molecule has 0 amide bonds. The van der Waals surface area contributed by atoms with Gasteiger partial charge in [0, 0.05) is 18.3 Å². The van der Waals surface area contributed by atoms with E-state index in [4.69, 9.17) is 5.11 Å². The summed E-state index contributed by atoms with van der Waals surface area (Å²) in [5.41, 5.74) is 1.13. The molecule has 1 aromatic rings. The van der Waals surface area contributed by atoms with E-state index in [2.05, 4.69) is 30.9 Å². The minimum Gasteiger partial charge on any atom is -0.481 e. The second kappa shape index (κ2) is 8.57. The summed E-state index contributed by atoms with van der Waals surface area (Å²) in [4.78, 5) is 13.1. The molecule has 106 valence electrons. The molecule has 19 heavy (non-hydrogen) atoms. The minimum atomic E-state index is -0.729. The highest BCUT2D eigenvalue weighted by atomic mass is 16.4. The van der Waals surface area contributed by atoms with Crippen LogP contribution < -0.4 is 4.90 Å². The number of carboxylic acid groups (broad SMARTS) is 1. The molecule has 3 nitrogen and oxygen atoms in total. The van der Waals surface area contributed by atoms with Crippen molar-refractivity contribution < 1.29 is 9.90 Å². The first-order valence-electron chi connectivity index (χ1n) is 7.22. The zero-order valence-electron chi connectivity index (χ0n) is 12.0. The van der Waals surface area contributed by atoms with Gasteiger partial charge in [0.15, 0.2) is 0 Å². The van der Waals surface area contributed by atoms with Gasteiger partial charge in [-0.1, -0.05) is 44.9 Å². The molecule has 0 aliphatic carbocycles. The van der Waals surface area contributed by atoms with E-state index in [9.17, 15) is 4.79 Å². The van der Waals surface area contributed by atoms with Crippen LogP contribution in [-0.2, 0) is 4.79 Å². The maximum absolute atomic E-state index is 10.8. The van der Waals surface area contributed by atoms with Gasteiger partial charge in [-0.15, -0.1) is 0 Å². The van der Waals surface area contributed by atoms with Gasteiger partial charge >= 0.3 is 5.97 Å². The highest BCUT2D eigenvalue weighted by Crippen LogP contribution is 2.22. The van der Waals surface area contributed by atoms with Crippen molar-refractivity contribution in [2.24, 2.45) is 0 Å². The summed E-state index contributed by atoms with van der Waals surface area (Å²) in [7, 11) is 0. The molecule has 0 saturated carbocycles. The van der Waals surface area contributed by atoms with E-state index in [0.29, 0.717) is 12.6 Å². The van der Waals surface area contributed by atoms with E-state index in [1.165, 1.54) is 0 Å². The van der Waals surface area contributed by atoms with Gasteiger partial charge in [0.05, 0.1) is 6.42 Å². The van der Waals surface area contributed by atoms with Gasteiger partial charge in [0.1, 0.15) is 0 Å². The Balaban J connectivity index is 2.85. The summed E-state index contributed by atoms with van der Waals surface area (Å²) in [5, 5.41) is 8.92. The van der Waals surface area contributed by atoms with Crippen molar-refractivity contribution in [1.29, 1.82) is 0 Å². The molecule has 0 spiro atoms. The lowest BCUT2D eigenvalue weighted by atomic mass is 10.0. The second-order valence-electron chi connectivity index (χ2n) is 4.90. The maximum Gasteiger partial charge on any atom is 0.305 e. The van der Waals surface area contributed by atoms with Gasteiger partial charge in [0.25, 0.3) is 0 Å². The van der Waals surface area contributed by atoms with Gasteiger partial charge in [-0.3, -0.25) is 4.79 Å². The molecule has 0 aliphatic rings. The van der Waals surface area contributed by atoms with E-state index in [0.717, 1.165) is 31.4 Å². The summed E-state index contributed by atoms with van der Waals surface area (Å²) in [5.74, 6) is -0.729. The molecule has 0 saturated heterocycles. The number of anilines is 1. The summed E-state index contributed by atoms with van der Waals surface area (Å²) in [6, 6.07) is 10.6. The summed E-state index contributed by atoms with van der Waals surface area (Å²) in [6.07, 6.45) is 4.67. The Hall–Kier alpha value is -1.51. The van der Waals surface area contributed by atoms with Crippen LogP contribution in [-0.4, -0.2) is 23.7 Å². The normalized spacial score (nSPS) is 10.7. The Labute approximate surface area is 116 Å². The first kappa shape index (κ1) is 15.5. The van der Waals surface area contributed by atoms with Crippen molar-refractivity contribution in [2.75, 3.05) is 11.4 Å². The molecule has 0 aromatic heterocycles. The molecular weight excluding hydrogens is 238 g/mol.